The number of aldehydes is 1. The Labute approximate surface area is 81.9 Å². The van der Waals surface area contributed by atoms with Gasteiger partial charge in [-0.1, -0.05) is 0 Å². The van der Waals surface area contributed by atoms with Crippen molar-refractivity contribution in [3.05, 3.63) is 23.9 Å². The molecule has 2 aromatic rings. The minimum Gasteiger partial charge on any atom is -0.497 e. The summed E-state index contributed by atoms with van der Waals surface area (Å²) in [4.78, 5) is 10.6. The van der Waals surface area contributed by atoms with Crippen LogP contribution in [-0.4, -0.2) is 31.1 Å². The number of benzene rings is 1. The van der Waals surface area contributed by atoms with Crippen molar-refractivity contribution in [2.45, 2.75) is 0 Å². The number of rotatable bonds is 2. The number of carbonyl (C=O) groups excluding carboxylic acids is 1. The van der Waals surface area contributed by atoms with Gasteiger partial charge in [0.25, 0.3) is 7.98 Å². The van der Waals surface area contributed by atoms with Gasteiger partial charge in [0.05, 0.1) is 12.6 Å². The molecule has 2 radical (unpaired) electrons. The van der Waals surface area contributed by atoms with Crippen LogP contribution in [0.3, 0.4) is 0 Å². The third kappa shape index (κ3) is 1.17. The molecule has 0 saturated carbocycles. The smallest absolute Gasteiger partial charge is 0.265 e. The summed E-state index contributed by atoms with van der Waals surface area (Å²) in [6, 6.07) is 5.25. The molecule has 0 bridgehead atoms. The van der Waals surface area contributed by atoms with Gasteiger partial charge in [0, 0.05) is 11.5 Å². The lowest BCUT2D eigenvalue weighted by Crippen LogP contribution is -1.94. The first kappa shape index (κ1) is 8.81. The van der Waals surface area contributed by atoms with E-state index in [2.05, 4.69) is 5.10 Å². The molecule has 4 nitrogen and oxygen atoms in total. The summed E-state index contributed by atoms with van der Waals surface area (Å²) in [6.45, 7) is 0. The predicted octanol–water partition coefficient (Wildman–Crippen LogP) is 0.789. The molecule has 0 amide bonds. The first-order valence-corrected chi connectivity index (χ1v) is 4.03. The number of hydrogen-bond acceptors (Lipinski definition) is 3. The molecule has 0 aliphatic carbocycles. The van der Waals surface area contributed by atoms with E-state index in [0.717, 1.165) is 5.39 Å². The Bertz CT molecular complexity index is 493. The van der Waals surface area contributed by atoms with Crippen LogP contribution in [0.4, 0.5) is 0 Å². The van der Waals surface area contributed by atoms with Crippen LogP contribution < -0.4 is 4.74 Å². The molecule has 0 N–H and O–H groups in total. The molecule has 2 rings (SSSR count). The standard InChI is InChI=1S/C9H7BN2O2/c1-14-6-2-3-7-8(5-13)11-12(10)9(7)4-6/h2-5H,1H3. The van der Waals surface area contributed by atoms with E-state index < -0.39 is 0 Å². The lowest BCUT2D eigenvalue weighted by Gasteiger charge is -1.99. The number of nitrogens with zero attached hydrogens (tertiary/aromatic N) is 2. The molecule has 1 heterocycles. The largest absolute Gasteiger partial charge is 0.497 e. The highest BCUT2D eigenvalue weighted by Gasteiger charge is 2.07. The van der Waals surface area contributed by atoms with Crippen LogP contribution in [0.15, 0.2) is 18.2 Å². The summed E-state index contributed by atoms with van der Waals surface area (Å²) >= 11 is 0. The second-order valence-corrected chi connectivity index (χ2v) is 2.83. The van der Waals surface area contributed by atoms with Gasteiger partial charge in [0.2, 0.25) is 0 Å². The Morgan fingerprint density at radius 3 is 3.00 bits per heavy atom. The molecule has 1 aromatic carbocycles. The van der Waals surface area contributed by atoms with E-state index in [0.29, 0.717) is 23.2 Å². The Morgan fingerprint density at radius 1 is 1.57 bits per heavy atom. The monoisotopic (exact) mass is 186 g/mol. The van der Waals surface area contributed by atoms with E-state index in [1.54, 1.807) is 25.3 Å². The normalized spacial score (nSPS) is 10.4. The fraction of sp³-hybridized carbons (Fsp3) is 0.111. The van der Waals surface area contributed by atoms with Crippen LogP contribution in [0, 0.1) is 0 Å². The number of aromatic nitrogens is 2. The van der Waals surface area contributed by atoms with Crippen molar-refractivity contribution < 1.29 is 9.53 Å². The zero-order chi connectivity index (χ0) is 10.1. The third-order valence-corrected chi connectivity index (χ3v) is 2.05. The minimum absolute atomic E-state index is 0.338. The maximum absolute atomic E-state index is 10.6. The van der Waals surface area contributed by atoms with Gasteiger partial charge in [0.15, 0.2) is 6.29 Å². The molecule has 1 aromatic heterocycles. The molecule has 14 heavy (non-hydrogen) atoms. The topological polar surface area (TPSA) is 44.1 Å². The molecule has 0 fully saturated rings. The number of methoxy groups -OCH3 is 1. The van der Waals surface area contributed by atoms with Crippen LogP contribution in [-0.2, 0) is 0 Å². The average molecular weight is 186 g/mol. The Kier molecular flexibility index (Phi) is 2.00. The lowest BCUT2D eigenvalue weighted by molar-refractivity contribution is 0.112. The van der Waals surface area contributed by atoms with Crippen molar-refractivity contribution in [1.82, 2.24) is 9.69 Å². The summed E-state index contributed by atoms with van der Waals surface area (Å²) < 4.78 is 6.20. The maximum Gasteiger partial charge on any atom is 0.265 e. The number of carbonyl (C=O) groups is 1. The van der Waals surface area contributed by atoms with Crippen LogP contribution in [0.25, 0.3) is 10.9 Å². The van der Waals surface area contributed by atoms with E-state index >= 15 is 0 Å². The van der Waals surface area contributed by atoms with Crippen molar-refractivity contribution in [2.24, 2.45) is 0 Å². The summed E-state index contributed by atoms with van der Waals surface area (Å²) in [7, 11) is 7.14. The molecule has 68 valence electrons. The summed E-state index contributed by atoms with van der Waals surface area (Å²) in [6.07, 6.45) is 0.679. The highest BCUT2D eigenvalue weighted by Crippen LogP contribution is 2.21. The molecule has 0 unspecified atom stereocenters. The molecule has 0 atom stereocenters. The number of fused-ring (bicyclic) bond motifs is 1. The van der Waals surface area contributed by atoms with Gasteiger partial charge in [0.1, 0.15) is 11.4 Å². The van der Waals surface area contributed by atoms with Gasteiger partial charge in [-0.05, 0) is 12.1 Å². The van der Waals surface area contributed by atoms with E-state index in [9.17, 15) is 4.79 Å². The van der Waals surface area contributed by atoms with Crippen LogP contribution in [0.2, 0.25) is 0 Å². The summed E-state index contributed by atoms with van der Waals surface area (Å²) in [5, 5.41) is 4.58. The van der Waals surface area contributed by atoms with Crippen molar-refractivity contribution in [2.75, 3.05) is 7.11 Å². The summed E-state index contributed by atoms with van der Waals surface area (Å²) in [5.74, 6) is 0.682. The Hall–Kier alpha value is -1.78. The van der Waals surface area contributed by atoms with Crippen LogP contribution in [0.5, 0.6) is 5.75 Å². The molecule has 0 saturated heterocycles. The van der Waals surface area contributed by atoms with Crippen LogP contribution in [0.1, 0.15) is 10.5 Å². The Balaban J connectivity index is 2.76. The fourth-order valence-electron chi connectivity index (χ4n) is 1.36. The molecular weight excluding hydrogens is 179 g/mol. The molecule has 0 spiro atoms. The van der Waals surface area contributed by atoms with Crippen molar-refractivity contribution >= 4 is 25.2 Å². The minimum atomic E-state index is 0.338. The van der Waals surface area contributed by atoms with Gasteiger partial charge < -0.3 is 9.33 Å². The van der Waals surface area contributed by atoms with E-state index in [-0.39, 0.29) is 0 Å². The molecule has 0 aliphatic rings. The first-order valence-electron chi connectivity index (χ1n) is 4.03. The van der Waals surface area contributed by atoms with Crippen molar-refractivity contribution in [3.8, 4) is 5.75 Å². The molecule has 0 aliphatic heterocycles. The molecule has 5 heteroatoms. The van der Waals surface area contributed by atoms with Gasteiger partial charge in [-0.3, -0.25) is 4.79 Å². The highest BCUT2D eigenvalue weighted by atomic mass is 16.5. The van der Waals surface area contributed by atoms with E-state index in [1.165, 1.54) is 4.59 Å². The quantitative estimate of drug-likeness (QED) is 0.514. The van der Waals surface area contributed by atoms with Gasteiger partial charge >= 0.3 is 0 Å². The average Bonchev–Trinajstić information content (AvgIpc) is 2.55. The Morgan fingerprint density at radius 2 is 2.36 bits per heavy atom. The van der Waals surface area contributed by atoms with Crippen LogP contribution >= 0.6 is 0 Å². The fourth-order valence-corrected chi connectivity index (χ4v) is 1.36. The summed E-state index contributed by atoms with van der Waals surface area (Å²) in [5.41, 5.74) is 1.01. The second-order valence-electron chi connectivity index (χ2n) is 2.83. The SMILES string of the molecule is [B]n1nc(C=O)c2ccc(OC)cc21. The third-order valence-electron chi connectivity index (χ3n) is 2.05. The van der Waals surface area contributed by atoms with Gasteiger partial charge in [-0.2, -0.15) is 5.10 Å². The zero-order valence-electron chi connectivity index (χ0n) is 7.60. The maximum atomic E-state index is 10.6. The zero-order valence-corrected chi connectivity index (χ0v) is 7.60. The number of hydrogen-bond donors (Lipinski definition) is 0. The van der Waals surface area contributed by atoms with Crippen molar-refractivity contribution in [1.29, 1.82) is 0 Å². The van der Waals surface area contributed by atoms with Gasteiger partial charge in [-0.25, -0.2) is 0 Å². The number of ether oxygens (including phenoxy) is 1. The molecular formula is C9H7BN2O2. The van der Waals surface area contributed by atoms with E-state index in [4.69, 9.17) is 12.7 Å². The predicted molar refractivity (Wildman–Crippen MR) is 52.8 cm³/mol. The van der Waals surface area contributed by atoms with Crippen molar-refractivity contribution in [3.63, 3.8) is 0 Å². The van der Waals surface area contributed by atoms with Gasteiger partial charge in [-0.15, -0.1) is 0 Å². The lowest BCUT2D eigenvalue weighted by atomic mass is 10.2. The highest BCUT2D eigenvalue weighted by molar-refractivity contribution is 6.12. The second kappa shape index (κ2) is 3.18. The first-order chi connectivity index (χ1) is 6.76. The van der Waals surface area contributed by atoms with E-state index in [1.807, 2.05) is 0 Å².